The minimum atomic E-state index is 0.159. The van der Waals surface area contributed by atoms with Gasteiger partial charge < -0.3 is 4.74 Å². The van der Waals surface area contributed by atoms with Crippen molar-refractivity contribution in [3.05, 3.63) is 59.1 Å². The van der Waals surface area contributed by atoms with Crippen molar-refractivity contribution in [2.45, 2.75) is 20.0 Å². The second kappa shape index (κ2) is 6.96. The summed E-state index contributed by atoms with van der Waals surface area (Å²) in [5.74, 6) is 0.840. The summed E-state index contributed by atoms with van der Waals surface area (Å²) in [6, 6.07) is 15.2. The molecule has 0 aromatic heterocycles. The summed E-state index contributed by atoms with van der Waals surface area (Å²) >= 11 is 5.90. The van der Waals surface area contributed by atoms with Crippen LogP contribution >= 0.6 is 11.6 Å². The predicted octanol–water partition coefficient (Wildman–Crippen LogP) is 4.57. The molecule has 0 radical (unpaired) electrons. The van der Waals surface area contributed by atoms with Crippen LogP contribution in [-0.4, -0.2) is 12.3 Å². The first-order valence-electron chi connectivity index (χ1n) is 6.45. The van der Waals surface area contributed by atoms with E-state index in [0.717, 1.165) is 17.0 Å². The van der Waals surface area contributed by atoms with Gasteiger partial charge in [0.05, 0.1) is 18.0 Å². The van der Waals surface area contributed by atoms with Gasteiger partial charge in [0.25, 0.3) is 0 Å². The van der Waals surface area contributed by atoms with Gasteiger partial charge in [0, 0.05) is 5.02 Å². The Morgan fingerprint density at radius 2 is 1.95 bits per heavy atom. The van der Waals surface area contributed by atoms with Crippen molar-refractivity contribution in [3.8, 4) is 5.75 Å². The van der Waals surface area contributed by atoms with Crippen LogP contribution in [-0.2, 0) is 0 Å². The summed E-state index contributed by atoms with van der Waals surface area (Å²) in [4.78, 5) is 0. The summed E-state index contributed by atoms with van der Waals surface area (Å²) in [5.41, 5.74) is 4.76. The monoisotopic (exact) mass is 288 g/mol. The number of nitrogens with zero attached hydrogens (tertiary/aromatic N) is 1. The first-order chi connectivity index (χ1) is 9.63. The fourth-order valence-electron chi connectivity index (χ4n) is 1.68. The van der Waals surface area contributed by atoms with Crippen LogP contribution in [0.3, 0.4) is 0 Å². The Kier molecular flexibility index (Phi) is 5.02. The molecular weight excluding hydrogens is 272 g/mol. The van der Waals surface area contributed by atoms with E-state index >= 15 is 0 Å². The van der Waals surface area contributed by atoms with Crippen LogP contribution in [0.15, 0.2) is 53.6 Å². The van der Waals surface area contributed by atoms with Crippen LogP contribution in [0.1, 0.15) is 19.4 Å². The van der Waals surface area contributed by atoms with Gasteiger partial charge >= 0.3 is 0 Å². The zero-order valence-electron chi connectivity index (χ0n) is 11.5. The SMILES string of the molecule is CC(C)Oc1cccc(C=NNc2cccc(Cl)c2)c1. The minimum absolute atomic E-state index is 0.159. The van der Waals surface area contributed by atoms with Crippen LogP contribution in [0.5, 0.6) is 5.75 Å². The second-order valence-corrected chi connectivity index (χ2v) is 5.06. The maximum atomic E-state index is 5.90. The molecule has 0 spiro atoms. The van der Waals surface area contributed by atoms with E-state index in [9.17, 15) is 0 Å². The minimum Gasteiger partial charge on any atom is -0.491 e. The molecular formula is C16H17ClN2O. The highest BCUT2D eigenvalue weighted by Gasteiger charge is 1.98. The number of hydrogen-bond donors (Lipinski definition) is 1. The molecule has 0 heterocycles. The number of rotatable bonds is 5. The Bertz CT molecular complexity index is 597. The Balaban J connectivity index is 2.00. The molecule has 0 bridgehead atoms. The quantitative estimate of drug-likeness (QED) is 0.646. The summed E-state index contributed by atoms with van der Waals surface area (Å²) in [6.07, 6.45) is 1.90. The molecule has 0 atom stereocenters. The van der Waals surface area contributed by atoms with Gasteiger partial charge in [-0.2, -0.15) is 5.10 Å². The first kappa shape index (κ1) is 14.4. The number of ether oxygens (including phenoxy) is 1. The van der Waals surface area contributed by atoms with Crippen molar-refractivity contribution in [2.75, 3.05) is 5.43 Å². The number of nitrogens with one attached hydrogen (secondary N) is 1. The molecule has 0 unspecified atom stereocenters. The van der Waals surface area contributed by atoms with E-state index in [2.05, 4.69) is 10.5 Å². The van der Waals surface area contributed by atoms with Gasteiger partial charge in [-0.25, -0.2) is 0 Å². The zero-order chi connectivity index (χ0) is 14.4. The van der Waals surface area contributed by atoms with E-state index < -0.39 is 0 Å². The Morgan fingerprint density at radius 1 is 1.15 bits per heavy atom. The fraction of sp³-hybridized carbons (Fsp3) is 0.188. The van der Waals surface area contributed by atoms with Crippen molar-refractivity contribution in [1.82, 2.24) is 0 Å². The summed E-state index contributed by atoms with van der Waals surface area (Å²) < 4.78 is 5.64. The molecule has 3 nitrogen and oxygen atoms in total. The van der Waals surface area contributed by atoms with Gasteiger partial charge in [-0.3, -0.25) is 5.43 Å². The molecule has 2 aromatic rings. The van der Waals surface area contributed by atoms with Gasteiger partial charge in [0.2, 0.25) is 0 Å². The highest BCUT2D eigenvalue weighted by atomic mass is 35.5. The molecule has 4 heteroatoms. The standard InChI is InChI=1S/C16H17ClN2O/c1-12(2)20-16-8-3-5-13(9-16)11-18-19-15-7-4-6-14(17)10-15/h3-12,19H,1-2H3. The van der Waals surface area contributed by atoms with E-state index in [1.807, 2.05) is 62.4 Å². The molecule has 2 rings (SSSR count). The lowest BCUT2D eigenvalue weighted by Gasteiger charge is -2.09. The van der Waals surface area contributed by atoms with Crippen molar-refractivity contribution in [2.24, 2.45) is 5.10 Å². The average molecular weight is 289 g/mol. The number of hydrazone groups is 1. The molecule has 0 saturated carbocycles. The lowest BCUT2D eigenvalue weighted by atomic mass is 10.2. The molecule has 2 aromatic carbocycles. The van der Waals surface area contributed by atoms with Crippen LogP contribution in [0, 0.1) is 0 Å². The molecule has 1 N–H and O–H groups in total. The highest BCUT2D eigenvalue weighted by Crippen LogP contribution is 2.15. The second-order valence-electron chi connectivity index (χ2n) is 4.62. The number of benzene rings is 2. The largest absolute Gasteiger partial charge is 0.491 e. The third-order valence-electron chi connectivity index (χ3n) is 2.46. The van der Waals surface area contributed by atoms with E-state index in [0.29, 0.717) is 5.02 Å². The third kappa shape index (κ3) is 4.59. The lowest BCUT2D eigenvalue weighted by molar-refractivity contribution is 0.242. The summed E-state index contributed by atoms with van der Waals surface area (Å²) in [7, 11) is 0. The molecule has 0 aliphatic rings. The van der Waals surface area contributed by atoms with Crippen molar-refractivity contribution >= 4 is 23.5 Å². The predicted molar refractivity (Wildman–Crippen MR) is 84.9 cm³/mol. The molecule has 20 heavy (non-hydrogen) atoms. The van der Waals surface area contributed by atoms with Gasteiger partial charge in [0.1, 0.15) is 5.75 Å². The van der Waals surface area contributed by atoms with Crippen LogP contribution in [0.2, 0.25) is 5.02 Å². The molecule has 0 fully saturated rings. The van der Waals surface area contributed by atoms with Gasteiger partial charge in [-0.1, -0.05) is 29.8 Å². The smallest absolute Gasteiger partial charge is 0.120 e. The van der Waals surface area contributed by atoms with E-state index in [4.69, 9.17) is 16.3 Å². The van der Waals surface area contributed by atoms with E-state index in [1.54, 1.807) is 6.21 Å². The molecule has 104 valence electrons. The maximum absolute atomic E-state index is 5.90. The van der Waals surface area contributed by atoms with Gasteiger partial charge in [-0.05, 0) is 49.7 Å². The van der Waals surface area contributed by atoms with E-state index in [-0.39, 0.29) is 6.10 Å². The zero-order valence-corrected chi connectivity index (χ0v) is 12.3. The average Bonchev–Trinajstić information content (AvgIpc) is 2.38. The normalized spacial score (nSPS) is 11.0. The van der Waals surface area contributed by atoms with Crippen molar-refractivity contribution < 1.29 is 4.74 Å². The lowest BCUT2D eigenvalue weighted by Crippen LogP contribution is -2.05. The van der Waals surface area contributed by atoms with Crippen LogP contribution < -0.4 is 10.2 Å². The third-order valence-corrected chi connectivity index (χ3v) is 2.70. The Labute approximate surface area is 124 Å². The van der Waals surface area contributed by atoms with Crippen LogP contribution in [0.4, 0.5) is 5.69 Å². The van der Waals surface area contributed by atoms with E-state index in [1.165, 1.54) is 0 Å². The highest BCUT2D eigenvalue weighted by molar-refractivity contribution is 6.30. The Hall–Kier alpha value is -2.00. The fourth-order valence-corrected chi connectivity index (χ4v) is 1.87. The van der Waals surface area contributed by atoms with Crippen molar-refractivity contribution in [1.29, 1.82) is 0 Å². The molecule has 0 saturated heterocycles. The van der Waals surface area contributed by atoms with Crippen molar-refractivity contribution in [3.63, 3.8) is 0 Å². The van der Waals surface area contributed by atoms with Gasteiger partial charge in [0.15, 0.2) is 0 Å². The topological polar surface area (TPSA) is 33.6 Å². The first-order valence-corrected chi connectivity index (χ1v) is 6.82. The number of hydrogen-bond acceptors (Lipinski definition) is 3. The number of anilines is 1. The maximum Gasteiger partial charge on any atom is 0.120 e. The van der Waals surface area contributed by atoms with Gasteiger partial charge in [-0.15, -0.1) is 0 Å². The van der Waals surface area contributed by atoms with Crippen LogP contribution in [0.25, 0.3) is 0 Å². The molecule has 0 aliphatic carbocycles. The molecule has 0 amide bonds. The number of halogens is 1. The summed E-state index contributed by atoms with van der Waals surface area (Å²) in [5, 5.41) is 4.86. The molecule has 0 aliphatic heterocycles. The Morgan fingerprint density at radius 3 is 2.70 bits per heavy atom. The summed E-state index contributed by atoms with van der Waals surface area (Å²) in [6.45, 7) is 4.00.